The Kier molecular flexibility index (Phi) is 6.18. The number of ether oxygens (including phenoxy) is 2. The number of nitrogens with two attached hydrogens (primary N) is 1. The molecular formula is C13H19NO3S. The van der Waals surface area contributed by atoms with Crippen molar-refractivity contribution in [3.8, 4) is 0 Å². The highest BCUT2D eigenvalue weighted by molar-refractivity contribution is 8.00. The van der Waals surface area contributed by atoms with E-state index in [1.165, 1.54) is 11.8 Å². The molecule has 1 aromatic carbocycles. The Morgan fingerprint density at radius 3 is 2.22 bits per heavy atom. The number of amides is 1. The zero-order valence-electron chi connectivity index (χ0n) is 10.9. The van der Waals surface area contributed by atoms with E-state index in [0.29, 0.717) is 0 Å². The normalized spacial score (nSPS) is 12.7. The molecule has 0 radical (unpaired) electrons. The van der Waals surface area contributed by atoms with E-state index in [-0.39, 0.29) is 17.4 Å². The maximum absolute atomic E-state index is 11.2. The van der Waals surface area contributed by atoms with Crippen LogP contribution < -0.4 is 5.73 Å². The van der Waals surface area contributed by atoms with Gasteiger partial charge in [0.15, 0.2) is 6.29 Å². The first kappa shape index (κ1) is 15.0. The standard InChI is InChI=1S/C13H19NO3S/c1-4-11(12(14)15)18-10-7-5-9(6-8-10)13(16-2)17-3/h5-8,11,13H,4H2,1-3H3,(H2,14,15). The van der Waals surface area contributed by atoms with Gasteiger partial charge in [-0.1, -0.05) is 19.1 Å². The highest BCUT2D eigenvalue weighted by Gasteiger charge is 2.15. The van der Waals surface area contributed by atoms with Crippen LogP contribution in [0.2, 0.25) is 0 Å². The molecule has 5 heteroatoms. The average molecular weight is 269 g/mol. The third-order valence-electron chi connectivity index (χ3n) is 2.55. The number of rotatable bonds is 7. The first-order valence-corrected chi connectivity index (χ1v) is 6.61. The van der Waals surface area contributed by atoms with Crippen LogP contribution in [0.1, 0.15) is 25.2 Å². The molecule has 1 amide bonds. The molecule has 0 bridgehead atoms. The topological polar surface area (TPSA) is 61.6 Å². The van der Waals surface area contributed by atoms with Crippen molar-refractivity contribution in [1.29, 1.82) is 0 Å². The zero-order valence-corrected chi connectivity index (χ0v) is 11.7. The molecule has 18 heavy (non-hydrogen) atoms. The minimum atomic E-state index is -0.359. The fraction of sp³-hybridized carbons (Fsp3) is 0.462. The Balaban J connectivity index is 2.73. The molecule has 0 heterocycles. The summed E-state index contributed by atoms with van der Waals surface area (Å²) in [5.74, 6) is -0.279. The van der Waals surface area contributed by atoms with Crippen LogP contribution in [-0.2, 0) is 14.3 Å². The fourth-order valence-corrected chi connectivity index (χ4v) is 2.48. The summed E-state index contributed by atoms with van der Waals surface area (Å²) in [6.45, 7) is 1.95. The number of thioether (sulfide) groups is 1. The van der Waals surface area contributed by atoms with Crippen molar-refractivity contribution < 1.29 is 14.3 Å². The van der Waals surface area contributed by atoms with Crippen molar-refractivity contribution in [2.75, 3.05) is 14.2 Å². The molecule has 4 nitrogen and oxygen atoms in total. The predicted octanol–water partition coefficient (Wildman–Crippen LogP) is 2.33. The van der Waals surface area contributed by atoms with Crippen molar-refractivity contribution in [1.82, 2.24) is 0 Å². The number of hydrogen-bond donors (Lipinski definition) is 1. The van der Waals surface area contributed by atoms with Gasteiger partial charge in [0, 0.05) is 24.7 Å². The van der Waals surface area contributed by atoms with Crippen molar-refractivity contribution in [2.24, 2.45) is 5.73 Å². The third kappa shape index (κ3) is 4.01. The smallest absolute Gasteiger partial charge is 0.230 e. The second-order valence-corrected chi connectivity index (χ2v) is 5.07. The van der Waals surface area contributed by atoms with E-state index in [0.717, 1.165) is 16.9 Å². The van der Waals surface area contributed by atoms with Gasteiger partial charge in [0.05, 0.1) is 5.25 Å². The van der Waals surface area contributed by atoms with Gasteiger partial charge in [-0.2, -0.15) is 0 Å². The van der Waals surface area contributed by atoms with E-state index in [9.17, 15) is 4.79 Å². The molecule has 0 aliphatic rings. The Labute approximate surface area is 112 Å². The molecule has 0 aliphatic heterocycles. The predicted molar refractivity (Wildman–Crippen MR) is 72.3 cm³/mol. The van der Waals surface area contributed by atoms with Gasteiger partial charge in [-0.05, 0) is 18.6 Å². The van der Waals surface area contributed by atoms with E-state index in [1.54, 1.807) is 14.2 Å². The average Bonchev–Trinajstić information content (AvgIpc) is 2.38. The van der Waals surface area contributed by atoms with E-state index >= 15 is 0 Å². The van der Waals surface area contributed by atoms with Crippen molar-refractivity contribution in [3.05, 3.63) is 29.8 Å². The van der Waals surface area contributed by atoms with Gasteiger partial charge in [0.2, 0.25) is 5.91 Å². The van der Waals surface area contributed by atoms with Crippen LogP contribution in [-0.4, -0.2) is 25.4 Å². The number of hydrogen-bond acceptors (Lipinski definition) is 4. The number of benzene rings is 1. The van der Waals surface area contributed by atoms with Crippen molar-refractivity contribution in [3.63, 3.8) is 0 Å². The van der Waals surface area contributed by atoms with Crippen LogP contribution in [0, 0.1) is 0 Å². The summed E-state index contributed by atoms with van der Waals surface area (Å²) in [5.41, 5.74) is 6.26. The first-order valence-electron chi connectivity index (χ1n) is 5.73. The molecule has 0 aromatic heterocycles. The highest BCUT2D eigenvalue weighted by Crippen LogP contribution is 2.27. The lowest BCUT2D eigenvalue weighted by Crippen LogP contribution is -2.24. The molecule has 1 unspecified atom stereocenters. The van der Waals surface area contributed by atoms with Crippen molar-refractivity contribution >= 4 is 17.7 Å². The quantitative estimate of drug-likeness (QED) is 0.609. The monoisotopic (exact) mass is 269 g/mol. The zero-order chi connectivity index (χ0) is 13.5. The maximum Gasteiger partial charge on any atom is 0.230 e. The maximum atomic E-state index is 11.2. The van der Waals surface area contributed by atoms with Crippen LogP contribution in [0.4, 0.5) is 0 Å². The summed E-state index contributed by atoms with van der Waals surface area (Å²) >= 11 is 1.48. The van der Waals surface area contributed by atoms with Crippen LogP contribution >= 0.6 is 11.8 Å². The lowest BCUT2D eigenvalue weighted by molar-refractivity contribution is -0.117. The molecule has 100 valence electrons. The van der Waals surface area contributed by atoms with Gasteiger partial charge < -0.3 is 15.2 Å². The Bertz CT molecular complexity index is 376. The van der Waals surface area contributed by atoms with E-state index in [1.807, 2.05) is 31.2 Å². The summed E-state index contributed by atoms with van der Waals surface area (Å²) in [7, 11) is 3.19. The molecule has 0 saturated carbocycles. The SMILES string of the molecule is CCC(Sc1ccc(C(OC)OC)cc1)C(N)=O. The summed E-state index contributed by atoms with van der Waals surface area (Å²) in [4.78, 5) is 12.2. The lowest BCUT2D eigenvalue weighted by Gasteiger charge is -2.15. The molecule has 1 rings (SSSR count). The Morgan fingerprint density at radius 1 is 1.28 bits per heavy atom. The van der Waals surface area contributed by atoms with Gasteiger partial charge in [-0.15, -0.1) is 11.8 Å². The van der Waals surface area contributed by atoms with Gasteiger partial charge in [0.1, 0.15) is 0 Å². The third-order valence-corrected chi connectivity index (χ3v) is 3.94. The molecule has 1 atom stereocenters. The largest absolute Gasteiger partial charge is 0.369 e. The molecule has 0 fully saturated rings. The number of carbonyl (C=O) groups is 1. The van der Waals surface area contributed by atoms with E-state index in [2.05, 4.69) is 0 Å². The van der Waals surface area contributed by atoms with Gasteiger partial charge in [-0.25, -0.2) is 0 Å². The summed E-state index contributed by atoms with van der Waals surface area (Å²) < 4.78 is 10.3. The molecule has 1 aromatic rings. The van der Waals surface area contributed by atoms with E-state index in [4.69, 9.17) is 15.2 Å². The highest BCUT2D eigenvalue weighted by atomic mass is 32.2. The molecule has 0 aliphatic carbocycles. The van der Waals surface area contributed by atoms with Crippen LogP contribution in [0.5, 0.6) is 0 Å². The second kappa shape index (κ2) is 7.41. The van der Waals surface area contributed by atoms with Gasteiger partial charge >= 0.3 is 0 Å². The minimum Gasteiger partial charge on any atom is -0.369 e. The molecule has 0 saturated heterocycles. The Morgan fingerprint density at radius 2 is 1.83 bits per heavy atom. The van der Waals surface area contributed by atoms with E-state index < -0.39 is 0 Å². The van der Waals surface area contributed by atoms with Crippen LogP contribution in [0.15, 0.2) is 29.2 Å². The minimum absolute atomic E-state index is 0.184. The second-order valence-electron chi connectivity index (χ2n) is 3.79. The molecule has 2 N–H and O–H groups in total. The fourth-order valence-electron chi connectivity index (χ4n) is 1.58. The molecule has 0 spiro atoms. The lowest BCUT2D eigenvalue weighted by atomic mass is 10.2. The van der Waals surface area contributed by atoms with Crippen LogP contribution in [0.25, 0.3) is 0 Å². The Hall–Kier alpha value is -1.04. The summed E-state index contributed by atoms with van der Waals surface area (Å²) in [5, 5.41) is -0.184. The number of carbonyl (C=O) groups excluding carboxylic acids is 1. The van der Waals surface area contributed by atoms with Crippen LogP contribution in [0.3, 0.4) is 0 Å². The van der Waals surface area contributed by atoms with Gasteiger partial charge in [0.25, 0.3) is 0 Å². The van der Waals surface area contributed by atoms with Gasteiger partial charge in [-0.3, -0.25) is 4.79 Å². The molecular weight excluding hydrogens is 250 g/mol. The summed E-state index contributed by atoms with van der Waals surface area (Å²) in [6.07, 6.45) is 0.364. The summed E-state index contributed by atoms with van der Waals surface area (Å²) in [6, 6.07) is 7.73. The number of methoxy groups -OCH3 is 2. The van der Waals surface area contributed by atoms with Crippen molar-refractivity contribution in [2.45, 2.75) is 29.8 Å². The first-order chi connectivity index (χ1) is 8.62. The number of primary amides is 1.